The molecule has 2 fully saturated rings. The zero-order valence-corrected chi connectivity index (χ0v) is 20.6. The lowest BCUT2D eigenvalue weighted by atomic mass is 9.89. The molecule has 2 aliphatic rings. The summed E-state index contributed by atoms with van der Waals surface area (Å²) in [5.41, 5.74) is 0.705. The van der Waals surface area contributed by atoms with Crippen LogP contribution < -0.4 is 10.6 Å². The molecule has 190 valence electrons. The summed E-state index contributed by atoms with van der Waals surface area (Å²) >= 11 is 0. The third-order valence-electron chi connectivity index (χ3n) is 6.83. The van der Waals surface area contributed by atoms with E-state index in [4.69, 9.17) is 9.26 Å². The fourth-order valence-electron chi connectivity index (χ4n) is 5.05. The summed E-state index contributed by atoms with van der Waals surface area (Å²) in [6.07, 6.45) is 6.50. The Balaban J connectivity index is 1.23. The van der Waals surface area contributed by atoms with Crippen molar-refractivity contribution in [3.05, 3.63) is 47.6 Å². The molecule has 1 saturated carbocycles. The predicted molar refractivity (Wildman–Crippen MR) is 130 cm³/mol. The molecule has 1 aromatic carbocycles. The molecule has 2 N–H and O–H groups in total. The molecule has 1 saturated heterocycles. The summed E-state index contributed by atoms with van der Waals surface area (Å²) in [5.74, 6) is 0.788. The molecule has 1 atom stereocenters. The largest absolute Gasteiger partial charge is 0.374 e. The molecule has 0 radical (unpaired) electrons. The van der Waals surface area contributed by atoms with Gasteiger partial charge < -0.3 is 19.9 Å². The van der Waals surface area contributed by atoms with Crippen LogP contribution in [0.5, 0.6) is 0 Å². The van der Waals surface area contributed by atoms with Crippen LogP contribution in [-0.4, -0.2) is 59.2 Å². The van der Waals surface area contributed by atoms with Crippen LogP contribution in [0.4, 0.5) is 0 Å². The lowest BCUT2D eigenvalue weighted by Crippen LogP contribution is -2.47. The van der Waals surface area contributed by atoms with Crippen molar-refractivity contribution in [2.24, 2.45) is 0 Å². The fourth-order valence-corrected chi connectivity index (χ4v) is 5.05. The number of rotatable bonds is 9. The average Bonchev–Trinajstić information content (AvgIpc) is 3.22. The van der Waals surface area contributed by atoms with Crippen molar-refractivity contribution in [1.29, 1.82) is 0 Å². The highest BCUT2D eigenvalue weighted by molar-refractivity contribution is 5.76. The van der Waals surface area contributed by atoms with Crippen LogP contribution in [0.1, 0.15) is 69.1 Å². The molecule has 2 heterocycles. The first-order valence-electron chi connectivity index (χ1n) is 12.8. The second kappa shape index (κ2) is 12.3. The first-order valence-corrected chi connectivity index (χ1v) is 12.8. The number of nitrogens with zero attached hydrogens (tertiary/aromatic N) is 3. The maximum atomic E-state index is 12.5. The molecule has 9 nitrogen and oxygen atoms in total. The molecule has 1 unspecified atom stereocenters. The van der Waals surface area contributed by atoms with Crippen LogP contribution in [0.3, 0.4) is 0 Å². The molecule has 35 heavy (non-hydrogen) atoms. The van der Waals surface area contributed by atoms with Crippen molar-refractivity contribution in [2.45, 2.75) is 76.5 Å². The number of ether oxygens (including phenoxy) is 1. The van der Waals surface area contributed by atoms with E-state index in [1.54, 1.807) is 0 Å². The smallest absolute Gasteiger partial charge is 0.227 e. The Labute approximate surface area is 207 Å². The van der Waals surface area contributed by atoms with Crippen LogP contribution in [0, 0.1) is 0 Å². The van der Waals surface area contributed by atoms with Gasteiger partial charge in [0.25, 0.3) is 0 Å². The SMILES string of the molecule is CC(=O)NC1(c2noc(CCC(=O)NCC3CN(Cc4ccccc4)CCO3)n2)CCCCCC1. The Hall–Kier alpha value is -2.78. The van der Waals surface area contributed by atoms with E-state index >= 15 is 0 Å². The standard InChI is InChI=1S/C26H37N5O4/c1-20(32)29-26(13-7-2-3-8-14-26)25-28-24(35-30-25)12-11-23(33)27-17-22-19-31(15-16-34-22)18-21-9-5-4-6-10-21/h4-6,9-10,22H,2-3,7-8,11-19H2,1H3,(H,27,33)(H,29,32). The predicted octanol–water partition coefficient (Wildman–Crippen LogP) is 2.71. The normalized spacial score (nSPS) is 20.7. The number of carbonyl (C=O) groups excluding carboxylic acids is 2. The van der Waals surface area contributed by atoms with Gasteiger partial charge in [-0.2, -0.15) is 4.98 Å². The number of nitrogens with one attached hydrogen (secondary N) is 2. The number of benzene rings is 1. The summed E-state index contributed by atoms with van der Waals surface area (Å²) in [6.45, 7) is 5.22. The zero-order chi connectivity index (χ0) is 24.5. The number of carbonyl (C=O) groups is 2. The van der Waals surface area contributed by atoms with Gasteiger partial charge in [-0.25, -0.2) is 0 Å². The van der Waals surface area contributed by atoms with Gasteiger partial charge in [-0.15, -0.1) is 0 Å². The van der Waals surface area contributed by atoms with E-state index < -0.39 is 5.54 Å². The van der Waals surface area contributed by atoms with Gasteiger partial charge in [-0.3, -0.25) is 14.5 Å². The molecular weight excluding hydrogens is 446 g/mol. The second-order valence-corrected chi connectivity index (χ2v) is 9.71. The third-order valence-corrected chi connectivity index (χ3v) is 6.83. The fraction of sp³-hybridized carbons (Fsp3) is 0.615. The molecule has 1 aliphatic carbocycles. The summed E-state index contributed by atoms with van der Waals surface area (Å²) in [6, 6.07) is 10.4. The van der Waals surface area contributed by atoms with Gasteiger partial charge in [0.2, 0.25) is 17.7 Å². The van der Waals surface area contributed by atoms with E-state index in [-0.39, 0.29) is 24.3 Å². The van der Waals surface area contributed by atoms with Gasteiger partial charge >= 0.3 is 0 Å². The molecule has 9 heteroatoms. The first kappa shape index (κ1) is 25.3. The molecule has 4 rings (SSSR count). The molecule has 0 spiro atoms. The van der Waals surface area contributed by atoms with Crippen LogP contribution in [0.2, 0.25) is 0 Å². The van der Waals surface area contributed by atoms with E-state index in [0.29, 0.717) is 31.3 Å². The van der Waals surface area contributed by atoms with Crippen LogP contribution in [0.15, 0.2) is 34.9 Å². The molecule has 1 aliphatic heterocycles. The third kappa shape index (κ3) is 7.35. The van der Waals surface area contributed by atoms with E-state index in [9.17, 15) is 9.59 Å². The molecule has 2 aromatic rings. The minimum Gasteiger partial charge on any atom is -0.374 e. The topological polar surface area (TPSA) is 110 Å². The highest BCUT2D eigenvalue weighted by Gasteiger charge is 2.38. The highest BCUT2D eigenvalue weighted by Crippen LogP contribution is 2.34. The van der Waals surface area contributed by atoms with Gasteiger partial charge in [0.15, 0.2) is 5.82 Å². The van der Waals surface area contributed by atoms with Crippen LogP contribution >= 0.6 is 0 Å². The quantitative estimate of drug-likeness (QED) is 0.528. The Kier molecular flexibility index (Phi) is 8.87. The Bertz CT molecular complexity index is 956. The van der Waals surface area contributed by atoms with Gasteiger partial charge in [0, 0.05) is 45.9 Å². The highest BCUT2D eigenvalue weighted by atomic mass is 16.5. The van der Waals surface area contributed by atoms with Gasteiger partial charge in [0.05, 0.1) is 12.7 Å². The summed E-state index contributed by atoms with van der Waals surface area (Å²) < 4.78 is 11.3. The first-order chi connectivity index (χ1) is 17.0. The Morgan fingerprint density at radius 2 is 1.91 bits per heavy atom. The number of hydrogen-bond donors (Lipinski definition) is 2. The molecular formula is C26H37N5O4. The lowest BCUT2D eigenvalue weighted by molar-refractivity contribution is -0.122. The number of morpholine rings is 1. The Morgan fingerprint density at radius 3 is 2.66 bits per heavy atom. The maximum Gasteiger partial charge on any atom is 0.227 e. The minimum atomic E-state index is -0.573. The van der Waals surface area contributed by atoms with Crippen LogP contribution in [0.25, 0.3) is 0 Å². The minimum absolute atomic E-state index is 0.0285. The van der Waals surface area contributed by atoms with Crippen molar-refractivity contribution >= 4 is 11.8 Å². The van der Waals surface area contributed by atoms with Crippen molar-refractivity contribution in [3.63, 3.8) is 0 Å². The maximum absolute atomic E-state index is 12.5. The zero-order valence-electron chi connectivity index (χ0n) is 20.6. The molecule has 2 amide bonds. The lowest BCUT2D eigenvalue weighted by Gasteiger charge is -2.33. The molecule has 0 bridgehead atoms. The van der Waals surface area contributed by atoms with Crippen LogP contribution in [-0.2, 0) is 32.8 Å². The van der Waals surface area contributed by atoms with Crippen molar-refractivity contribution in [2.75, 3.05) is 26.2 Å². The number of hydrogen-bond acceptors (Lipinski definition) is 7. The van der Waals surface area contributed by atoms with E-state index in [2.05, 4.69) is 49.9 Å². The Morgan fingerprint density at radius 1 is 1.14 bits per heavy atom. The van der Waals surface area contributed by atoms with Crippen molar-refractivity contribution in [1.82, 2.24) is 25.7 Å². The summed E-state index contributed by atoms with van der Waals surface area (Å²) in [7, 11) is 0. The number of amides is 2. The van der Waals surface area contributed by atoms with Gasteiger partial charge in [-0.05, 0) is 18.4 Å². The average molecular weight is 484 g/mol. The molecule has 1 aromatic heterocycles. The van der Waals surface area contributed by atoms with Crippen molar-refractivity contribution < 1.29 is 18.8 Å². The van der Waals surface area contributed by atoms with Crippen molar-refractivity contribution in [3.8, 4) is 0 Å². The van der Waals surface area contributed by atoms with E-state index in [0.717, 1.165) is 58.2 Å². The summed E-state index contributed by atoms with van der Waals surface area (Å²) in [5, 5.41) is 10.3. The number of aromatic nitrogens is 2. The van der Waals surface area contributed by atoms with Gasteiger partial charge in [0.1, 0.15) is 5.54 Å². The van der Waals surface area contributed by atoms with E-state index in [1.165, 1.54) is 12.5 Å². The van der Waals surface area contributed by atoms with Gasteiger partial charge in [-0.1, -0.05) is 61.2 Å². The monoisotopic (exact) mass is 483 g/mol. The number of aryl methyl sites for hydroxylation is 1. The summed E-state index contributed by atoms with van der Waals surface area (Å²) in [4.78, 5) is 31.3. The van der Waals surface area contributed by atoms with E-state index in [1.807, 2.05) is 6.07 Å². The second-order valence-electron chi connectivity index (χ2n) is 9.71.